The van der Waals surface area contributed by atoms with Gasteiger partial charge in [0.25, 0.3) is 0 Å². The molecule has 0 spiro atoms. The number of hydrogen-bond donors (Lipinski definition) is 0. The van der Waals surface area contributed by atoms with Crippen molar-refractivity contribution >= 4 is 43.5 Å². The first kappa shape index (κ1) is 28.1. The summed E-state index contributed by atoms with van der Waals surface area (Å²) in [7, 11) is 0. The molecule has 3 nitrogen and oxygen atoms in total. The molecular formula is C55H52IrN2O-2. The number of pyridine rings is 2. The minimum atomic E-state index is -2.54. The number of furan rings is 1. The molecule has 0 aliphatic rings. The molecule has 3 heterocycles. The topological polar surface area (TPSA) is 38.9 Å². The molecular weight excluding hydrogens is 897 g/mol. The Bertz CT molecular complexity index is 3470. The summed E-state index contributed by atoms with van der Waals surface area (Å²) >= 11 is 0. The fourth-order valence-electron chi connectivity index (χ4n) is 7.14. The zero-order valence-electron chi connectivity index (χ0n) is 46.8. The van der Waals surface area contributed by atoms with Crippen LogP contribution in [-0.2, 0) is 32.9 Å². The fourth-order valence-corrected chi connectivity index (χ4v) is 7.14. The Morgan fingerprint density at radius 2 is 1.25 bits per heavy atom. The SMILES string of the molecule is [2H]C([2H])([2H])c1c[c-]c(-c2cc(C([2H])([2H])C(C)(C)C)c(C([2H])([2H])[2H])cn2)cc1-c1ccccc1.[2H]C([2H])([2H])c1cnc(-c2[c-]ccc3c2oc2cc4c(ccc5ccccc54)cc23)cc1C([2H])([2H])C(C)(C)C.[Ir]. The Kier molecular flexibility index (Phi) is 7.95. The normalized spacial score (nSPS) is 16.2. The molecule has 0 saturated carbocycles. The molecule has 6 aromatic carbocycles. The summed E-state index contributed by atoms with van der Waals surface area (Å²) in [6, 6.07) is 41.7. The van der Waals surface area contributed by atoms with Crippen LogP contribution in [0, 0.1) is 43.5 Å². The van der Waals surface area contributed by atoms with Crippen molar-refractivity contribution in [2.45, 2.75) is 74.8 Å². The molecule has 9 rings (SSSR count). The molecule has 1 radical (unpaired) electrons. The molecule has 0 saturated heterocycles. The Balaban J connectivity index is 0.000000211. The summed E-state index contributed by atoms with van der Waals surface area (Å²) < 4.78 is 113. The van der Waals surface area contributed by atoms with Crippen LogP contribution in [0.2, 0.25) is 0 Å². The minimum absolute atomic E-state index is 0. The number of benzene rings is 6. The molecule has 0 atom stereocenters. The quantitative estimate of drug-likeness (QED) is 0.127. The maximum absolute atomic E-state index is 8.85. The average Bonchev–Trinajstić information content (AvgIpc) is 3.67. The first-order valence-electron chi connectivity index (χ1n) is 25.7. The van der Waals surface area contributed by atoms with Crippen LogP contribution in [-0.4, -0.2) is 9.97 Å². The van der Waals surface area contributed by atoms with E-state index in [0.717, 1.165) is 37.9 Å². The van der Waals surface area contributed by atoms with Crippen molar-refractivity contribution in [2.24, 2.45) is 10.8 Å². The van der Waals surface area contributed by atoms with Gasteiger partial charge in [0.15, 0.2) is 0 Å². The summed E-state index contributed by atoms with van der Waals surface area (Å²) in [5.74, 6) is 0. The number of hydrogen-bond acceptors (Lipinski definition) is 3. The third kappa shape index (κ3) is 9.10. The average molecular weight is 962 g/mol. The van der Waals surface area contributed by atoms with Crippen LogP contribution in [0.15, 0.2) is 132 Å². The van der Waals surface area contributed by atoms with E-state index in [1.807, 2.05) is 48.5 Å². The van der Waals surface area contributed by atoms with E-state index in [1.54, 1.807) is 59.7 Å². The number of rotatable bonds is 5. The third-order valence-corrected chi connectivity index (χ3v) is 9.69. The van der Waals surface area contributed by atoms with Gasteiger partial charge in [-0.25, -0.2) is 0 Å². The van der Waals surface area contributed by atoms with Crippen LogP contribution in [0.4, 0.5) is 0 Å². The summed E-state index contributed by atoms with van der Waals surface area (Å²) in [4.78, 5) is 8.77. The van der Waals surface area contributed by atoms with E-state index in [9.17, 15) is 0 Å². The van der Waals surface area contributed by atoms with E-state index < -0.39 is 44.1 Å². The zero-order valence-corrected chi connectivity index (χ0v) is 36.2. The van der Waals surface area contributed by atoms with Crippen LogP contribution < -0.4 is 0 Å². The molecule has 0 aliphatic carbocycles. The molecule has 0 amide bonds. The molecule has 299 valence electrons. The molecule has 0 aliphatic heterocycles. The van der Waals surface area contributed by atoms with Gasteiger partial charge in [-0.15, -0.1) is 47.5 Å². The molecule has 4 heteroatoms. The monoisotopic (exact) mass is 962 g/mol. The van der Waals surface area contributed by atoms with Crippen molar-refractivity contribution in [2.75, 3.05) is 0 Å². The molecule has 59 heavy (non-hydrogen) atoms. The van der Waals surface area contributed by atoms with Gasteiger partial charge in [0.1, 0.15) is 5.58 Å². The van der Waals surface area contributed by atoms with E-state index in [4.69, 9.17) is 22.2 Å². The molecule has 0 N–H and O–H groups in total. The van der Waals surface area contributed by atoms with E-state index in [2.05, 4.69) is 58.5 Å². The number of nitrogens with zero attached hydrogens (tertiary/aromatic N) is 2. The van der Waals surface area contributed by atoms with Crippen LogP contribution in [0.1, 0.15) is 87.2 Å². The number of aryl methyl sites for hydroxylation is 3. The van der Waals surface area contributed by atoms with Crippen LogP contribution in [0.5, 0.6) is 0 Å². The van der Waals surface area contributed by atoms with Gasteiger partial charge in [0.05, 0.1) is 5.58 Å². The second kappa shape index (κ2) is 16.7. The first-order chi connectivity index (χ1) is 32.9. The van der Waals surface area contributed by atoms with Crippen molar-refractivity contribution < 1.29 is 42.3 Å². The van der Waals surface area contributed by atoms with Crippen molar-refractivity contribution in [3.8, 4) is 33.6 Å². The third-order valence-electron chi connectivity index (χ3n) is 9.69. The van der Waals surface area contributed by atoms with Crippen molar-refractivity contribution in [1.29, 1.82) is 0 Å². The van der Waals surface area contributed by atoms with Gasteiger partial charge >= 0.3 is 0 Å². The molecule has 3 aromatic heterocycles. The standard InChI is InChI=1S/C31H26NO.C24H26N.Ir/c1-19-18-32-28(15-22(19)17-31(2,3)4)25-11-7-10-24-27-14-21-13-12-20-8-5-6-9-23(20)26(21)16-29(27)33-30(24)25;1-17-11-12-20(13-22(17)19-9-7-6-8-10-19)23-14-21(15-24(3,4)5)18(2)16-25-23;/h5-10,12-16,18H,17H2,1-4H3;6-11,13-14,16H,15H2,1-5H3;/q2*-1;/i1D3,17D2;1D3,2D3,15D2;. The molecule has 0 bridgehead atoms. The smallest absolute Gasteiger partial charge is 0.121 e. The van der Waals surface area contributed by atoms with Gasteiger partial charge in [-0.05, 0) is 99.0 Å². The Morgan fingerprint density at radius 1 is 0.610 bits per heavy atom. The van der Waals surface area contributed by atoms with E-state index in [-0.39, 0.29) is 47.9 Å². The first-order valence-corrected chi connectivity index (χ1v) is 19.2. The van der Waals surface area contributed by atoms with Crippen molar-refractivity contribution in [1.82, 2.24) is 9.97 Å². The van der Waals surface area contributed by atoms with Gasteiger partial charge in [-0.1, -0.05) is 155 Å². The van der Waals surface area contributed by atoms with Gasteiger partial charge in [0, 0.05) is 55.7 Å². The Morgan fingerprint density at radius 3 is 1.95 bits per heavy atom. The number of fused-ring (bicyclic) bond motifs is 6. The summed E-state index contributed by atoms with van der Waals surface area (Å²) in [5, 5.41) is 6.36. The summed E-state index contributed by atoms with van der Waals surface area (Å²) in [6.45, 7) is 3.02. The molecule has 9 aromatic rings. The van der Waals surface area contributed by atoms with Crippen LogP contribution in [0.25, 0.3) is 77.1 Å². The largest absolute Gasteiger partial charge is 0.501 e. The molecule has 0 fully saturated rings. The van der Waals surface area contributed by atoms with Crippen molar-refractivity contribution in [3.63, 3.8) is 0 Å². The van der Waals surface area contributed by atoms with Crippen LogP contribution in [0.3, 0.4) is 0 Å². The van der Waals surface area contributed by atoms with Gasteiger partial charge < -0.3 is 14.4 Å². The summed E-state index contributed by atoms with van der Waals surface area (Å²) in [6.07, 6.45) is -1.42. The Labute approximate surface area is 381 Å². The summed E-state index contributed by atoms with van der Waals surface area (Å²) in [5.41, 5.74) is 2.60. The van der Waals surface area contributed by atoms with Crippen molar-refractivity contribution in [3.05, 3.63) is 168 Å². The zero-order chi connectivity index (χ0) is 51.9. The predicted octanol–water partition coefficient (Wildman–Crippen LogP) is 15.1. The van der Waals surface area contributed by atoms with Gasteiger partial charge in [0.2, 0.25) is 0 Å². The maximum atomic E-state index is 8.85. The molecule has 0 unspecified atom stereocenters. The number of aromatic nitrogens is 2. The van der Waals surface area contributed by atoms with E-state index >= 15 is 0 Å². The minimum Gasteiger partial charge on any atom is -0.501 e. The van der Waals surface area contributed by atoms with E-state index in [0.29, 0.717) is 39.2 Å². The second-order valence-corrected chi connectivity index (χ2v) is 16.6. The van der Waals surface area contributed by atoms with Gasteiger partial charge in [-0.2, -0.15) is 0 Å². The van der Waals surface area contributed by atoms with E-state index in [1.165, 1.54) is 24.5 Å². The fraction of sp³-hybridized carbons (Fsp3) is 0.236. The maximum Gasteiger partial charge on any atom is 0.121 e. The van der Waals surface area contributed by atoms with Gasteiger partial charge in [-0.3, -0.25) is 0 Å². The van der Waals surface area contributed by atoms with Crippen LogP contribution >= 0.6 is 0 Å². The Hall–Kier alpha value is -5.41. The second-order valence-electron chi connectivity index (χ2n) is 16.6. The predicted molar refractivity (Wildman–Crippen MR) is 245 cm³/mol.